The monoisotopic (exact) mass is 507 g/mol. The van der Waals surface area contributed by atoms with Gasteiger partial charge in [-0.1, -0.05) is 18.7 Å². The molecule has 0 spiro atoms. The maximum atomic E-state index is 13.0. The molecular weight excluding hydrogens is 474 g/mol. The predicted octanol–water partition coefficient (Wildman–Crippen LogP) is 3.71. The molecule has 190 valence electrons. The van der Waals surface area contributed by atoms with E-state index in [0.717, 1.165) is 54.5 Å². The third-order valence-corrected chi connectivity index (χ3v) is 8.14. The number of carbonyl (C=O) groups is 2. The van der Waals surface area contributed by atoms with Crippen molar-refractivity contribution in [1.82, 2.24) is 20.1 Å². The molecule has 8 nitrogen and oxygen atoms in total. The van der Waals surface area contributed by atoms with Crippen LogP contribution in [0.5, 0.6) is 0 Å². The highest BCUT2D eigenvalue weighted by molar-refractivity contribution is 7.99. The van der Waals surface area contributed by atoms with Crippen molar-refractivity contribution < 1.29 is 14.3 Å². The van der Waals surface area contributed by atoms with Crippen LogP contribution in [0.1, 0.15) is 40.1 Å². The van der Waals surface area contributed by atoms with E-state index in [4.69, 9.17) is 4.74 Å². The van der Waals surface area contributed by atoms with Crippen molar-refractivity contribution in [3.05, 3.63) is 72.1 Å². The third-order valence-electron chi connectivity index (χ3n) is 7.20. The van der Waals surface area contributed by atoms with Crippen LogP contribution in [-0.2, 0) is 4.74 Å². The van der Waals surface area contributed by atoms with Crippen molar-refractivity contribution in [3.63, 3.8) is 0 Å². The number of hydrogen-bond donors (Lipinski definition) is 2. The minimum Gasteiger partial charge on any atom is -0.445 e. The Labute approximate surface area is 216 Å². The Hall–Kier alpha value is -3.04. The van der Waals surface area contributed by atoms with Gasteiger partial charge < -0.3 is 20.3 Å². The van der Waals surface area contributed by atoms with Gasteiger partial charge in [0.05, 0.1) is 17.8 Å². The topological polar surface area (TPSA) is 86.8 Å². The summed E-state index contributed by atoms with van der Waals surface area (Å²) in [5.41, 5.74) is 3.40. The number of pyridine rings is 1. The normalized spacial score (nSPS) is 23.2. The van der Waals surface area contributed by atoms with Gasteiger partial charge in [0, 0.05) is 67.6 Å². The Morgan fingerprint density at radius 2 is 2.08 bits per heavy atom. The van der Waals surface area contributed by atoms with Gasteiger partial charge in [0.2, 0.25) is 0 Å². The Morgan fingerprint density at radius 3 is 2.86 bits per heavy atom. The van der Waals surface area contributed by atoms with Crippen molar-refractivity contribution in [3.8, 4) is 0 Å². The molecule has 3 aliphatic heterocycles. The first kappa shape index (κ1) is 24.6. The molecule has 0 bridgehead atoms. The van der Waals surface area contributed by atoms with Crippen LogP contribution < -0.4 is 10.6 Å². The predicted molar refractivity (Wildman–Crippen MR) is 142 cm³/mol. The van der Waals surface area contributed by atoms with Gasteiger partial charge in [0.15, 0.2) is 0 Å². The van der Waals surface area contributed by atoms with Gasteiger partial charge in [-0.25, -0.2) is 4.79 Å². The first-order valence-corrected chi connectivity index (χ1v) is 13.7. The number of ether oxygens (including phenoxy) is 1. The van der Waals surface area contributed by atoms with Crippen molar-refractivity contribution in [2.24, 2.45) is 5.92 Å². The highest BCUT2D eigenvalue weighted by Gasteiger charge is 2.47. The fourth-order valence-electron chi connectivity index (χ4n) is 5.44. The molecule has 1 aromatic carbocycles. The lowest BCUT2D eigenvalue weighted by Crippen LogP contribution is -2.39. The first-order valence-electron chi connectivity index (χ1n) is 12.6. The fourth-order valence-corrected chi connectivity index (χ4v) is 6.42. The van der Waals surface area contributed by atoms with Crippen LogP contribution in [-0.4, -0.2) is 77.6 Å². The molecule has 0 radical (unpaired) electrons. The number of thioether (sulfide) groups is 1. The minimum absolute atomic E-state index is 0.0386. The minimum atomic E-state index is -0.357. The third kappa shape index (κ3) is 5.22. The molecule has 2 amide bonds. The molecule has 4 heterocycles. The summed E-state index contributed by atoms with van der Waals surface area (Å²) in [5, 5.41) is 6.72. The summed E-state index contributed by atoms with van der Waals surface area (Å²) in [4.78, 5) is 34.8. The summed E-state index contributed by atoms with van der Waals surface area (Å²) in [6.07, 6.45) is 3.82. The van der Waals surface area contributed by atoms with Crippen LogP contribution in [0.2, 0.25) is 0 Å². The Balaban J connectivity index is 1.38. The average Bonchev–Trinajstić information content (AvgIpc) is 3.38. The second-order valence-electron chi connectivity index (χ2n) is 9.34. The molecule has 1 aromatic heterocycles. The largest absolute Gasteiger partial charge is 0.445 e. The fraction of sp³-hybridized carbons (Fsp3) is 0.444. The van der Waals surface area contributed by atoms with E-state index in [1.54, 1.807) is 17.2 Å². The zero-order valence-corrected chi connectivity index (χ0v) is 21.2. The van der Waals surface area contributed by atoms with Crippen molar-refractivity contribution >= 4 is 29.4 Å². The summed E-state index contributed by atoms with van der Waals surface area (Å²) in [5.74, 6) is 2.32. The number of benzene rings is 1. The summed E-state index contributed by atoms with van der Waals surface area (Å²) < 4.78 is 5.42. The molecule has 3 atom stereocenters. The van der Waals surface area contributed by atoms with Gasteiger partial charge in [-0.15, -0.1) is 0 Å². The molecule has 3 aliphatic rings. The first-order chi connectivity index (χ1) is 17.7. The Bertz CT molecular complexity index is 1090. The van der Waals surface area contributed by atoms with Crippen molar-refractivity contribution in [1.29, 1.82) is 0 Å². The molecule has 0 saturated carbocycles. The number of rotatable bonds is 7. The Morgan fingerprint density at radius 1 is 1.22 bits per heavy atom. The number of amides is 2. The second kappa shape index (κ2) is 11.3. The van der Waals surface area contributed by atoms with E-state index in [-0.39, 0.29) is 36.6 Å². The van der Waals surface area contributed by atoms with Gasteiger partial charge in [0.1, 0.15) is 6.61 Å². The van der Waals surface area contributed by atoms with E-state index >= 15 is 0 Å². The molecule has 5 rings (SSSR count). The maximum Gasteiger partial charge on any atom is 0.410 e. The van der Waals surface area contributed by atoms with Crippen LogP contribution in [0.3, 0.4) is 0 Å². The van der Waals surface area contributed by atoms with Crippen molar-refractivity contribution in [2.45, 2.75) is 18.5 Å². The average molecular weight is 508 g/mol. The van der Waals surface area contributed by atoms with E-state index in [0.29, 0.717) is 18.7 Å². The van der Waals surface area contributed by atoms with Gasteiger partial charge in [-0.3, -0.25) is 14.7 Å². The van der Waals surface area contributed by atoms with Crippen LogP contribution in [0, 0.1) is 5.92 Å². The number of likely N-dealkylation sites (tertiary alicyclic amines) is 1. The summed E-state index contributed by atoms with van der Waals surface area (Å²) in [6, 6.07) is 11.4. The molecular formula is C27H33N5O3S. The summed E-state index contributed by atoms with van der Waals surface area (Å²) in [7, 11) is 0. The molecule has 9 heteroatoms. The number of nitrogens with zero attached hydrogens (tertiary/aromatic N) is 3. The number of nitrogens with one attached hydrogen (secondary N) is 2. The smallest absolute Gasteiger partial charge is 0.410 e. The SMILES string of the molecule is C=CCOC(=O)N1CC[C@H]2C(c3ccccn3)Nc3ccc(C(=O)NCCN4CCSCC4)cc3[C@H]21. The summed E-state index contributed by atoms with van der Waals surface area (Å²) >= 11 is 1.98. The van der Waals surface area contributed by atoms with Crippen LogP contribution >= 0.6 is 11.8 Å². The van der Waals surface area contributed by atoms with Gasteiger partial charge in [-0.05, 0) is 42.3 Å². The number of carbonyl (C=O) groups excluding carboxylic acids is 2. The van der Waals surface area contributed by atoms with Crippen LogP contribution in [0.4, 0.5) is 10.5 Å². The molecule has 2 aromatic rings. The van der Waals surface area contributed by atoms with Crippen LogP contribution in [0.25, 0.3) is 0 Å². The van der Waals surface area contributed by atoms with E-state index < -0.39 is 0 Å². The van der Waals surface area contributed by atoms with Gasteiger partial charge in [0.25, 0.3) is 5.91 Å². The number of anilines is 1. The Kier molecular flexibility index (Phi) is 7.77. The van der Waals surface area contributed by atoms with E-state index in [9.17, 15) is 9.59 Å². The maximum absolute atomic E-state index is 13.0. The lowest BCUT2D eigenvalue weighted by Gasteiger charge is -2.39. The molecule has 1 unspecified atom stereocenters. The molecule has 2 saturated heterocycles. The zero-order valence-electron chi connectivity index (χ0n) is 20.4. The standard InChI is InChI=1S/C27H33N5O3S/c1-2-15-35-27(34)32-11-8-20-24(23-5-3-4-9-28-23)30-22-7-6-19(18-21(22)25(20)32)26(33)29-10-12-31-13-16-36-17-14-31/h2-7,9,18,20,24-25,30H,1,8,10-17H2,(H,29,33)/t20-,24?,25-/m0/s1. The van der Waals surface area contributed by atoms with E-state index in [1.807, 2.05) is 48.2 Å². The van der Waals surface area contributed by atoms with E-state index in [1.165, 1.54) is 0 Å². The molecule has 0 aliphatic carbocycles. The molecule has 2 fully saturated rings. The zero-order chi connectivity index (χ0) is 24.9. The number of aromatic nitrogens is 1. The lowest BCUT2D eigenvalue weighted by atomic mass is 9.81. The van der Waals surface area contributed by atoms with Crippen LogP contribution in [0.15, 0.2) is 55.3 Å². The molecule has 36 heavy (non-hydrogen) atoms. The lowest BCUT2D eigenvalue weighted by molar-refractivity contribution is 0.0948. The van der Waals surface area contributed by atoms with Gasteiger partial charge >= 0.3 is 6.09 Å². The van der Waals surface area contributed by atoms with E-state index in [2.05, 4.69) is 27.1 Å². The second-order valence-corrected chi connectivity index (χ2v) is 10.6. The number of hydrogen-bond acceptors (Lipinski definition) is 7. The summed E-state index contributed by atoms with van der Waals surface area (Å²) in [6.45, 7) is 8.02. The van der Waals surface area contributed by atoms with Gasteiger partial charge in [-0.2, -0.15) is 11.8 Å². The number of fused-ring (bicyclic) bond motifs is 3. The quantitative estimate of drug-likeness (QED) is 0.553. The highest BCUT2D eigenvalue weighted by Crippen LogP contribution is 2.51. The highest BCUT2D eigenvalue weighted by atomic mass is 32.2. The molecule has 2 N–H and O–H groups in total. The van der Waals surface area contributed by atoms with Crippen molar-refractivity contribution in [2.75, 3.05) is 56.2 Å².